The van der Waals surface area contributed by atoms with Crippen molar-refractivity contribution in [2.24, 2.45) is 0 Å². The summed E-state index contributed by atoms with van der Waals surface area (Å²) in [5.74, 6) is 2.32. The lowest BCUT2D eigenvalue weighted by Crippen LogP contribution is -1.99. The van der Waals surface area contributed by atoms with Gasteiger partial charge in [-0.1, -0.05) is 18.2 Å². The minimum Gasteiger partial charge on any atom is -0.497 e. The van der Waals surface area contributed by atoms with Gasteiger partial charge in [-0.2, -0.15) is 0 Å². The predicted octanol–water partition coefficient (Wildman–Crippen LogP) is 4.42. The van der Waals surface area contributed by atoms with Gasteiger partial charge in [0.05, 0.1) is 25.3 Å². The highest BCUT2D eigenvalue weighted by atomic mass is 16.5. The van der Waals surface area contributed by atoms with Gasteiger partial charge >= 0.3 is 0 Å². The molecule has 0 fully saturated rings. The Balaban J connectivity index is 1.74. The number of rotatable bonds is 5. The van der Waals surface area contributed by atoms with Crippen molar-refractivity contribution >= 4 is 16.9 Å². The molecule has 2 aromatic carbocycles. The van der Waals surface area contributed by atoms with Gasteiger partial charge in [0.15, 0.2) is 11.5 Å². The summed E-state index contributed by atoms with van der Waals surface area (Å²) >= 11 is 0. The molecule has 0 aliphatic heterocycles. The van der Waals surface area contributed by atoms with Gasteiger partial charge in [-0.25, -0.2) is 24.9 Å². The van der Waals surface area contributed by atoms with E-state index in [-0.39, 0.29) is 0 Å². The minimum atomic E-state index is 0.349. The molecule has 0 bridgehead atoms. The van der Waals surface area contributed by atoms with Gasteiger partial charge in [0, 0.05) is 29.6 Å². The number of methoxy groups -OCH3 is 2. The molecule has 3 heterocycles. The monoisotopic (exact) mass is 436 g/mol. The zero-order valence-corrected chi connectivity index (χ0v) is 18.1. The Hall–Kier alpha value is -4.59. The van der Waals surface area contributed by atoms with E-state index in [9.17, 15) is 0 Å². The van der Waals surface area contributed by atoms with Crippen molar-refractivity contribution in [3.8, 4) is 45.3 Å². The molecular formula is C25H20N6O2. The number of nitrogen functional groups attached to an aromatic ring is 1. The van der Waals surface area contributed by atoms with Crippen LogP contribution in [0.5, 0.6) is 11.5 Å². The van der Waals surface area contributed by atoms with Crippen LogP contribution in [0.1, 0.15) is 0 Å². The molecule has 8 heteroatoms. The summed E-state index contributed by atoms with van der Waals surface area (Å²) in [4.78, 5) is 22.1. The maximum Gasteiger partial charge on any atom is 0.165 e. The van der Waals surface area contributed by atoms with Crippen LogP contribution in [-0.4, -0.2) is 39.1 Å². The van der Waals surface area contributed by atoms with Gasteiger partial charge in [-0.05, 0) is 41.5 Å². The molecule has 0 amide bonds. The van der Waals surface area contributed by atoms with Crippen molar-refractivity contribution in [2.45, 2.75) is 0 Å². The number of benzene rings is 2. The predicted molar refractivity (Wildman–Crippen MR) is 127 cm³/mol. The second-order valence-corrected chi connectivity index (χ2v) is 7.27. The van der Waals surface area contributed by atoms with E-state index >= 15 is 0 Å². The number of fused-ring (bicyclic) bond motifs is 1. The zero-order valence-electron chi connectivity index (χ0n) is 18.1. The summed E-state index contributed by atoms with van der Waals surface area (Å²) in [6, 6.07) is 17.3. The number of aromatic nitrogens is 5. The maximum atomic E-state index is 6.25. The SMILES string of the molecule is COc1cc(OC)cc(-c2cc(-c3cccc(-c4ncccn4)c3)nc3ncnc(N)c23)c1. The van der Waals surface area contributed by atoms with Gasteiger partial charge in [0.25, 0.3) is 0 Å². The number of anilines is 1. The van der Waals surface area contributed by atoms with Crippen LogP contribution in [0.25, 0.3) is 44.8 Å². The highest BCUT2D eigenvalue weighted by Gasteiger charge is 2.16. The summed E-state index contributed by atoms with van der Waals surface area (Å²) in [5.41, 5.74) is 10.9. The second kappa shape index (κ2) is 8.51. The van der Waals surface area contributed by atoms with Crippen LogP contribution < -0.4 is 15.2 Å². The Morgan fingerprint density at radius 2 is 1.45 bits per heavy atom. The molecule has 0 atom stereocenters. The molecule has 5 rings (SSSR count). The Morgan fingerprint density at radius 3 is 2.18 bits per heavy atom. The minimum absolute atomic E-state index is 0.349. The Labute approximate surface area is 190 Å². The number of ether oxygens (including phenoxy) is 2. The van der Waals surface area contributed by atoms with E-state index in [0.29, 0.717) is 34.2 Å². The third-order valence-electron chi connectivity index (χ3n) is 5.28. The largest absolute Gasteiger partial charge is 0.497 e. The van der Waals surface area contributed by atoms with Crippen molar-refractivity contribution in [1.29, 1.82) is 0 Å². The Bertz CT molecular complexity index is 1430. The number of nitrogens with two attached hydrogens (primary N) is 1. The van der Waals surface area contributed by atoms with Crippen LogP contribution in [0.2, 0.25) is 0 Å². The van der Waals surface area contributed by atoms with Crippen LogP contribution in [0.3, 0.4) is 0 Å². The van der Waals surface area contributed by atoms with Crippen molar-refractivity contribution in [3.05, 3.63) is 73.3 Å². The summed E-state index contributed by atoms with van der Waals surface area (Å²) in [5, 5.41) is 0.666. The lowest BCUT2D eigenvalue weighted by molar-refractivity contribution is 0.394. The molecule has 0 radical (unpaired) electrons. The van der Waals surface area contributed by atoms with Gasteiger partial charge in [-0.3, -0.25) is 0 Å². The highest BCUT2D eigenvalue weighted by Crippen LogP contribution is 2.37. The van der Waals surface area contributed by atoms with E-state index in [4.69, 9.17) is 20.2 Å². The number of pyridine rings is 1. The molecular weight excluding hydrogens is 416 g/mol. The van der Waals surface area contributed by atoms with Gasteiger partial charge in [0.1, 0.15) is 23.6 Å². The molecule has 0 saturated carbocycles. The standard InChI is InChI=1S/C25H20N6O2/c1-32-18-10-17(11-19(12-18)33-2)20-13-21(31-25-22(20)23(26)29-14-30-25)15-5-3-6-16(9-15)24-27-7-4-8-28-24/h3-14H,1-2H3,(H2,26,29,30,31). The molecule has 0 unspecified atom stereocenters. The van der Waals surface area contributed by atoms with E-state index in [2.05, 4.69) is 19.9 Å². The first-order valence-corrected chi connectivity index (χ1v) is 10.2. The molecule has 0 aliphatic rings. The van der Waals surface area contributed by atoms with Crippen molar-refractivity contribution in [1.82, 2.24) is 24.9 Å². The third kappa shape index (κ3) is 3.89. The van der Waals surface area contributed by atoms with E-state index in [0.717, 1.165) is 27.9 Å². The van der Waals surface area contributed by atoms with Crippen molar-refractivity contribution < 1.29 is 9.47 Å². The fourth-order valence-corrected chi connectivity index (χ4v) is 3.69. The quantitative estimate of drug-likeness (QED) is 0.431. The summed E-state index contributed by atoms with van der Waals surface area (Å²) in [6.45, 7) is 0. The number of nitrogens with zero attached hydrogens (tertiary/aromatic N) is 5. The van der Waals surface area contributed by atoms with E-state index in [1.807, 2.05) is 48.5 Å². The summed E-state index contributed by atoms with van der Waals surface area (Å²) < 4.78 is 10.9. The molecule has 3 aromatic heterocycles. The molecule has 162 valence electrons. The van der Waals surface area contributed by atoms with E-state index in [1.54, 1.807) is 32.7 Å². The fraction of sp³-hybridized carbons (Fsp3) is 0.0800. The van der Waals surface area contributed by atoms with Crippen molar-refractivity contribution in [2.75, 3.05) is 20.0 Å². The van der Waals surface area contributed by atoms with Gasteiger partial charge < -0.3 is 15.2 Å². The lowest BCUT2D eigenvalue weighted by Gasteiger charge is -2.13. The second-order valence-electron chi connectivity index (χ2n) is 7.27. The lowest BCUT2D eigenvalue weighted by atomic mass is 9.98. The Kier molecular flexibility index (Phi) is 5.24. The van der Waals surface area contributed by atoms with Gasteiger partial charge in [-0.15, -0.1) is 0 Å². The fourth-order valence-electron chi connectivity index (χ4n) is 3.69. The normalized spacial score (nSPS) is 10.8. The molecule has 0 aliphatic carbocycles. The first-order chi connectivity index (χ1) is 16.2. The average Bonchev–Trinajstić information content (AvgIpc) is 2.88. The summed E-state index contributed by atoms with van der Waals surface area (Å²) in [6.07, 6.45) is 4.85. The van der Waals surface area contributed by atoms with Crippen LogP contribution in [0.15, 0.2) is 73.3 Å². The van der Waals surface area contributed by atoms with Crippen LogP contribution in [0, 0.1) is 0 Å². The molecule has 5 aromatic rings. The molecule has 33 heavy (non-hydrogen) atoms. The number of hydrogen-bond donors (Lipinski definition) is 1. The van der Waals surface area contributed by atoms with Crippen LogP contribution in [0.4, 0.5) is 5.82 Å². The van der Waals surface area contributed by atoms with E-state index < -0.39 is 0 Å². The highest BCUT2D eigenvalue weighted by molar-refractivity contribution is 6.01. The van der Waals surface area contributed by atoms with Crippen molar-refractivity contribution in [3.63, 3.8) is 0 Å². The van der Waals surface area contributed by atoms with E-state index in [1.165, 1.54) is 6.33 Å². The summed E-state index contributed by atoms with van der Waals surface area (Å²) in [7, 11) is 3.23. The molecule has 0 spiro atoms. The Morgan fingerprint density at radius 1 is 0.727 bits per heavy atom. The third-order valence-corrected chi connectivity index (χ3v) is 5.28. The molecule has 8 nitrogen and oxygen atoms in total. The maximum absolute atomic E-state index is 6.25. The first-order valence-electron chi connectivity index (χ1n) is 10.2. The van der Waals surface area contributed by atoms with Gasteiger partial charge in [0.2, 0.25) is 0 Å². The average molecular weight is 436 g/mol. The topological polar surface area (TPSA) is 109 Å². The molecule has 2 N–H and O–H groups in total. The number of hydrogen-bond acceptors (Lipinski definition) is 8. The first kappa shape index (κ1) is 20.3. The molecule has 0 saturated heterocycles. The zero-order chi connectivity index (χ0) is 22.8. The van der Waals surface area contributed by atoms with Crippen LogP contribution in [-0.2, 0) is 0 Å². The smallest absolute Gasteiger partial charge is 0.165 e. The van der Waals surface area contributed by atoms with Crippen LogP contribution >= 0.6 is 0 Å².